The molecule has 2 heterocycles. The highest BCUT2D eigenvalue weighted by Gasteiger charge is 2.32. The fourth-order valence-corrected chi connectivity index (χ4v) is 2.84. The zero-order valence-electron chi connectivity index (χ0n) is 10.3. The second kappa shape index (κ2) is 4.37. The van der Waals surface area contributed by atoms with E-state index >= 15 is 0 Å². The fraction of sp³-hybridized carbons (Fsp3) is 0.500. The van der Waals surface area contributed by atoms with E-state index in [1.54, 1.807) is 0 Å². The van der Waals surface area contributed by atoms with Crippen molar-refractivity contribution < 1.29 is 14.6 Å². The van der Waals surface area contributed by atoms with Crippen LogP contribution in [0.25, 0.3) is 0 Å². The normalized spacial score (nSPS) is 28.0. The lowest BCUT2D eigenvalue weighted by molar-refractivity contribution is -0.115. The van der Waals surface area contributed by atoms with Gasteiger partial charge in [-0.1, -0.05) is 12.1 Å². The van der Waals surface area contributed by atoms with E-state index < -0.39 is 6.10 Å². The van der Waals surface area contributed by atoms with Crippen molar-refractivity contribution in [1.29, 1.82) is 0 Å². The van der Waals surface area contributed by atoms with E-state index in [0.717, 1.165) is 23.2 Å². The third kappa shape index (κ3) is 1.91. The second-order valence-electron chi connectivity index (χ2n) is 5.11. The zero-order chi connectivity index (χ0) is 12.7. The number of benzene rings is 1. The summed E-state index contributed by atoms with van der Waals surface area (Å²) in [6.07, 6.45) is 0.875. The monoisotopic (exact) mass is 247 g/mol. The minimum absolute atomic E-state index is 0.0224. The number of hydrogen-bond acceptors (Lipinski definition) is 3. The van der Waals surface area contributed by atoms with Crippen LogP contribution in [0.1, 0.15) is 30.6 Å². The first-order valence-electron chi connectivity index (χ1n) is 6.37. The number of nitrogens with one attached hydrogen (secondary N) is 1. The lowest BCUT2D eigenvalue weighted by Crippen LogP contribution is -2.19. The molecule has 0 radical (unpaired) electrons. The van der Waals surface area contributed by atoms with E-state index in [1.165, 1.54) is 0 Å². The number of rotatable bonds is 2. The maximum Gasteiger partial charge on any atom is 0.228 e. The molecule has 96 valence electrons. The molecule has 2 aliphatic rings. The first kappa shape index (κ1) is 11.7. The SMILES string of the molecule is CC1OCCC1C(O)c1ccc2c(c1)CC(=O)N2. The molecule has 4 heteroatoms. The first-order valence-corrected chi connectivity index (χ1v) is 6.37. The molecule has 2 aliphatic heterocycles. The summed E-state index contributed by atoms with van der Waals surface area (Å²) in [6.45, 7) is 2.72. The lowest BCUT2D eigenvalue weighted by Gasteiger charge is -2.21. The zero-order valence-corrected chi connectivity index (χ0v) is 10.3. The molecule has 0 bridgehead atoms. The molecule has 2 N–H and O–H groups in total. The van der Waals surface area contributed by atoms with Crippen LogP contribution in [0.3, 0.4) is 0 Å². The predicted molar refractivity (Wildman–Crippen MR) is 67.3 cm³/mol. The highest BCUT2D eigenvalue weighted by atomic mass is 16.5. The summed E-state index contributed by atoms with van der Waals surface area (Å²) in [5.74, 6) is 0.169. The lowest BCUT2D eigenvalue weighted by atomic mass is 9.90. The Bertz CT molecular complexity index is 486. The summed E-state index contributed by atoms with van der Waals surface area (Å²) in [5.41, 5.74) is 2.72. The Balaban J connectivity index is 1.85. The summed E-state index contributed by atoms with van der Waals surface area (Å²) >= 11 is 0. The van der Waals surface area contributed by atoms with Crippen LogP contribution in [0, 0.1) is 5.92 Å². The molecule has 1 aromatic carbocycles. The quantitative estimate of drug-likeness (QED) is 0.835. The molecule has 0 aliphatic carbocycles. The van der Waals surface area contributed by atoms with Gasteiger partial charge in [0.25, 0.3) is 0 Å². The van der Waals surface area contributed by atoms with Gasteiger partial charge in [-0.05, 0) is 30.5 Å². The number of aliphatic hydroxyl groups excluding tert-OH is 1. The largest absolute Gasteiger partial charge is 0.388 e. The summed E-state index contributed by atoms with van der Waals surface area (Å²) < 4.78 is 5.49. The van der Waals surface area contributed by atoms with E-state index in [0.29, 0.717) is 13.0 Å². The molecule has 1 amide bonds. The van der Waals surface area contributed by atoms with Crippen molar-refractivity contribution in [2.75, 3.05) is 11.9 Å². The Kier molecular flexibility index (Phi) is 2.84. The van der Waals surface area contributed by atoms with E-state index in [-0.39, 0.29) is 17.9 Å². The highest BCUT2D eigenvalue weighted by molar-refractivity contribution is 5.99. The molecular weight excluding hydrogens is 230 g/mol. The molecule has 3 atom stereocenters. The van der Waals surface area contributed by atoms with Crippen molar-refractivity contribution >= 4 is 11.6 Å². The molecule has 4 nitrogen and oxygen atoms in total. The molecule has 3 rings (SSSR count). The van der Waals surface area contributed by atoms with E-state index in [4.69, 9.17) is 4.74 Å². The van der Waals surface area contributed by atoms with Crippen LogP contribution in [-0.2, 0) is 16.0 Å². The Labute approximate surface area is 106 Å². The first-order chi connectivity index (χ1) is 8.65. The van der Waals surface area contributed by atoms with Gasteiger partial charge in [-0.3, -0.25) is 4.79 Å². The maximum absolute atomic E-state index is 11.3. The van der Waals surface area contributed by atoms with Crippen LogP contribution in [0.4, 0.5) is 5.69 Å². The third-order valence-electron chi connectivity index (χ3n) is 3.94. The Morgan fingerprint density at radius 3 is 3.06 bits per heavy atom. The summed E-state index contributed by atoms with van der Waals surface area (Å²) in [6, 6.07) is 5.70. The van der Waals surface area contributed by atoms with Gasteiger partial charge in [-0.2, -0.15) is 0 Å². The smallest absolute Gasteiger partial charge is 0.228 e. The van der Waals surface area contributed by atoms with Gasteiger partial charge in [0.1, 0.15) is 0 Å². The van der Waals surface area contributed by atoms with Crippen LogP contribution >= 0.6 is 0 Å². The van der Waals surface area contributed by atoms with Crippen LogP contribution in [0.5, 0.6) is 0 Å². The van der Waals surface area contributed by atoms with Gasteiger partial charge >= 0.3 is 0 Å². The molecule has 3 unspecified atom stereocenters. The van der Waals surface area contributed by atoms with E-state index in [9.17, 15) is 9.90 Å². The van der Waals surface area contributed by atoms with Crippen LogP contribution in [0.2, 0.25) is 0 Å². The Morgan fingerprint density at radius 2 is 2.33 bits per heavy atom. The third-order valence-corrected chi connectivity index (χ3v) is 3.94. The fourth-order valence-electron chi connectivity index (χ4n) is 2.84. The number of aliphatic hydroxyl groups is 1. The van der Waals surface area contributed by atoms with Gasteiger partial charge in [0.2, 0.25) is 5.91 Å². The number of carbonyl (C=O) groups excluding carboxylic acids is 1. The van der Waals surface area contributed by atoms with Crippen LogP contribution < -0.4 is 5.32 Å². The average Bonchev–Trinajstić information content (AvgIpc) is 2.91. The molecule has 1 saturated heterocycles. The van der Waals surface area contributed by atoms with Gasteiger partial charge in [-0.15, -0.1) is 0 Å². The van der Waals surface area contributed by atoms with E-state index in [2.05, 4.69) is 5.32 Å². The van der Waals surface area contributed by atoms with Crippen LogP contribution in [-0.4, -0.2) is 23.7 Å². The molecular formula is C14H17NO3. The Hall–Kier alpha value is -1.39. The van der Waals surface area contributed by atoms with Crippen molar-refractivity contribution in [2.45, 2.75) is 32.0 Å². The van der Waals surface area contributed by atoms with Gasteiger partial charge in [0.05, 0.1) is 18.6 Å². The number of amides is 1. The summed E-state index contributed by atoms with van der Waals surface area (Å²) in [4.78, 5) is 11.3. The number of fused-ring (bicyclic) bond motifs is 1. The van der Waals surface area contributed by atoms with Gasteiger partial charge in [-0.25, -0.2) is 0 Å². The number of ether oxygens (including phenoxy) is 1. The topological polar surface area (TPSA) is 58.6 Å². The van der Waals surface area contributed by atoms with Crippen molar-refractivity contribution in [2.24, 2.45) is 5.92 Å². The summed E-state index contributed by atoms with van der Waals surface area (Å²) in [5, 5.41) is 13.2. The van der Waals surface area contributed by atoms with Crippen molar-refractivity contribution in [1.82, 2.24) is 0 Å². The molecule has 1 fully saturated rings. The van der Waals surface area contributed by atoms with Gasteiger partial charge < -0.3 is 15.2 Å². The Morgan fingerprint density at radius 1 is 1.50 bits per heavy atom. The van der Waals surface area contributed by atoms with Crippen LogP contribution in [0.15, 0.2) is 18.2 Å². The van der Waals surface area contributed by atoms with Crippen molar-refractivity contribution in [3.05, 3.63) is 29.3 Å². The predicted octanol–water partition coefficient (Wildman–Crippen LogP) is 1.64. The molecule has 18 heavy (non-hydrogen) atoms. The number of hydrogen-bond donors (Lipinski definition) is 2. The minimum atomic E-state index is -0.511. The van der Waals surface area contributed by atoms with Crippen molar-refractivity contribution in [3.63, 3.8) is 0 Å². The molecule has 0 spiro atoms. The molecule has 0 aromatic heterocycles. The molecule has 1 aromatic rings. The van der Waals surface area contributed by atoms with Gasteiger partial charge in [0, 0.05) is 18.2 Å². The maximum atomic E-state index is 11.3. The average molecular weight is 247 g/mol. The minimum Gasteiger partial charge on any atom is -0.388 e. The molecule has 0 saturated carbocycles. The van der Waals surface area contributed by atoms with Gasteiger partial charge in [0.15, 0.2) is 0 Å². The highest BCUT2D eigenvalue weighted by Crippen LogP contribution is 2.35. The number of anilines is 1. The van der Waals surface area contributed by atoms with E-state index in [1.807, 2.05) is 25.1 Å². The van der Waals surface area contributed by atoms with Crippen molar-refractivity contribution in [3.8, 4) is 0 Å². The summed E-state index contributed by atoms with van der Waals surface area (Å²) in [7, 11) is 0. The standard InChI is InChI=1S/C14H17NO3/c1-8-11(4-5-18-8)14(17)9-2-3-12-10(6-9)7-13(16)15-12/h2-3,6,8,11,14,17H,4-5,7H2,1H3,(H,15,16). The number of carbonyl (C=O) groups is 1. The second-order valence-corrected chi connectivity index (χ2v) is 5.11.